The second-order valence-electron chi connectivity index (χ2n) is 7.61. The molecule has 0 aliphatic carbocycles. The molecule has 0 unspecified atom stereocenters. The van der Waals surface area contributed by atoms with Crippen molar-refractivity contribution in [3.05, 3.63) is 108 Å². The fourth-order valence-corrected chi connectivity index (χ4v) is 3.42. The summed E-state index contributed by atoms with van der Waals surface area (Å²) in [7, 11) is 0. The normalized spacial score (nSPS) is 10.9. The van der Waals surface area contributed by atoms with Gasteiger partial charge in [-0.3, -0.25) is 0 Å². The molecule has 4 heteroatoms. The molecule has 0 radical (unpaired) electrons. The first kappa shape index (κ1) is 21.3. The fourth-order valence-electron chi connectivity index (χ4n) is 3.42. The zero-order valence-electron chi connectivity index (χ0n) is 18.5. The second kappa shape index (κ2) is 10.4. The number of aromatic nitrogens is 2. The molecular formula is C28H27N3O. The summed E-state index contributed by atoms with van der Waals surface area (Å²) in [6, 6.07) is 25.1. The highest BCUT2D eigenvalue weighted by atomic mass is 16.5. The van der Waals surface area contributed by atoms with Gasteiger partial charge in [0, 0.05) is 12.1 Å². The predicted molar refractivity (Wildman–Crippen MR) is 131 cm³/mol. The van der Waals surface area contributed by atoms with E-state index >= 15 is 0 Å². The summed E-state index contributed by atoms with van der Waals surface area (Å²) in [4.78, 5) is 8.97. The smallest absolute Gasteiger partial charge is 0.159 e. The second-order valence-corrected chi connectivity index (χ2v) is 7.61. The number of aryl methyl sites for hydroxylation is 1. The third-order valence-electron chi connectivity index (χ3n) is 5.08. The van der Waals surface area contributed by atoms with E-state index in [-0.39, 0.29) is 0 Å². The highest BCUT2D eigenvalue weighted by Crippen LogP contribution is 2.25. The standard InChI is InChI=1S/C28H27N3O/c1-3-29-15-14-22-7-5-9-26(17-22)24-10-12-25(13-11-24)28-30-18-27(19-31-28)32-20-23-8-4-6-21(2)16-23/h4-19,29H,3,20H2,1-2H3/b15-14+. The molecule has 3 aromatic carbocycles. The van der Waals surface area contributed by atoms with Crippen LogP contribution in [0.25, 0.3) is 28.6 Å². The van der Waals surface area contributed by atoms with E-state index < -0.39 is 0 Å². The lowest BCUT2D eigenvalue weighted by Gasteiger charge is -2.08. The maximum Gasteiger partial charge on any atom is 0.159 e. The highest BCUT2D eigenvalue weighted by Gasteiger charge is 2.05. The molecule has 4 rings (SSSR count). The van der Waals surface area contributed by atoms with Gasteiger partial charge in [0.15, 0.2) is 11.6 Å². The van der Waals surface area contributed by atoms with Crippen LogP contribution in [0.4, 0.5) is 0 Å². The van der Waals surface area contributed by atoms with Crippen LogP contribution in [-0.4, -0.2) is 16.5 Å². The Morgan fingerprint density at radius 3 is 2.34 bits per heavy atom. The lowest BCUT2D eigenvalue weighted by Crippen LogP contribution is -2.00. The maximum atomic E-state index is 5.83. The Morgan fingerprint density at radius 2 is 1.59 bits per heavy atom. The molecule has 1 aromatic heterocycles. The van der Waals surface area contributed by atoms with E-state index in [1.807, 2.05) is 12.3 Å². The van der Waals surface area contributed by atoms with Crippen LogP contribution in [-0.2, 0) is 6.61 Å². The lowest BCUT2D eigenvalue weighted by atomic mass is 10.0. The average molecular weight is 422 g/mol. The monoisotopic (exact) mass is 421 g/mol. The van der Waals surface area contributed by atoms with Crippen LogP contribution in [0, 0.1) is 6.92 Å². The SMILES string of the molecule is CCN/C=C/c1cccc(-c2ccc(-c3ncc(OCc4cccc(C)c4)cn3)cc2)c1. The van der Waals surface area contributed by atoms with Crippen molar-refractivity contribution in [1.82, 2.24) is 15.3 Å². The molecule has 1 heterocycles. The van der Waals surface area contributed by atoms with Crippen LogP contribution in [0.15, 0.2) is 91.4 Å². The molecule has 4 nitrogen and oxygen atoms in total. The Balaban J connectivity index is 1.42. The van der Waals surface area contributed by atoms with Crippen molar-refractivity contribution in [2.75, 3.05) is 6.54 Å². The van der Waals surface area contributed by atoms with Crippen LogP contribution in [0.3, 0.4) is 0 Å². The Morgan fingerprint density at radius 1 is 0.844 bits per heavy atom. The molecule has 0 spiro atoms. The van der Waals surface area contributed by atoms with Gasteiger partial charge in [-0.2, -0.15) is 0 Å². The molecule has 32 heavy (non-hydrogen) atoms. The number of benzene rings is 3. The van der Waals surface area contributed by atoms with Gasteiger partial charge in [-0.05, 0) is 54.4 Å². The molecular weight excluding hydrogens is 394 g/mol. The highest BCUT2D eigenvalue weighted by molar-refractivity contribution is 5.70. The first-order chi connectivity index (χ1) is 15.7. The molecule has 0 aliphatic rings. The van der Waals surface area contributed by atoms with Crippen LogP contribution >= 0.6 is 0 Å². The fraction of sp³-hybridized carbons (Fsp3) is 0.143. The molecule has 0 fully saturated rings. The minimum Gasteiger partial charge on any atom is -0.486 e. The molecule has 0 saturated carbocycles. The molecule has 0 aliphatic heterocycles. The Kier molecular flexibility index (Phi) is 6.93. The van der Waals surface area contributed by atoms with Crippen LogP contribution in [0.5, 0.6) is 5.75 Å². The molecule has 160 valence electrons. The number of rotatable bonds is 8. The van der Waals surface area contributed by atoms with E-state index in [4.69, 9.17) is 4.74 Å². The molecule has 0 atom stereocenters. The topological polar surface area (TPSA) is 47.0 Å². The number of ether oxygens (including phenoxy) is 1. The van der Waals surface area contributed by atoms with Crippen LogP contribution < -0.4 is 10.1 Å². The van der Waals surface area contributed by atoms with Gasteiger partial charge < -0.3 is 10.1 Å². The third kappa shape index (κ3) is 5.61. The minimum absolute atomic E-state index is 0.502. The van der Waals surface area contributed by atoms with Gasteiger partial charge in [-0.25, -0.2) is 9.97 Å². The third-order valence-corrected chi connectivity index (χ3v) is 5.08. The van der Waals surface area contributed by atoms with Crippen molar-refractivity contribution in [3.8, 4) is 28.3 Å². The Bertz CT molecular complexity index is 1180. The number of nitrogens with one attached hydrogen (secondary N) is 1. The maximum absolute atomic E-state index is 5.83. The van der Waals surface area contributed by atoms with E-state index in [1.165, 1.54) is 11.1 Å². The molecule has 0 amide bonds. The summed E-state index contributed by atoms with van der Waals surface area (Å²) in [5.41, 5.74) is 6.82. The summed E-state index contributed by atoms with van der Waals surface area (Å²) in [6.07, 6.45) is 7.52. The largest absolute Gasteiger partial charge is 0.486 e. The lowest BCUT2D eigenvalue weighted by molar-refractivity contribution is 0.303. The van der Waals surface area contributed by atoms with E-state index in [0.29, 0.717) is 18.2 Å². The van der Waals surface area contributed by atoms with Crippen molar-refractivity contribution in [1.29, 1.82) is 0 Å². The zero-order chi connectivity index (χ0) is 22.2. The summed E-state index contributed by atoms with van der Waals surface area (Å²) in [5.74, 6) is 1.34. The van der Waals surface area contributed by atoms with Crippen molar-refractivity contribution in [2.45, 2.75) is 20.5 Å². The van der Waals surface area contributed by atoms with Gasteiger partial charge >= 0.3 is 0 Å². The molecule has 0 saturated heterocycles. The summed E-state index contributed by atoms with van der Waals surface area (Å²) < 4.78 is 5.83. The molecule has 4 aromatic rings. The van der Waals surface area contributed by atoms with Crippen molar-refractivity contribution < 1.29 is 4.74 Å². The quantitative estimate of drug-likeness (QED) is 0.364. The van der Waals surface area contributed by atoms with Crippen LogP contribution in [0.2, 0.25) is 0 Å². The van der Waals surface area contributed by atoms with Crippen molar-refractivity contribution in [3.63, 3.8) is 0 Å². The van der Waals surface area contributed by atoms with Crippen LogP contribution in [0.1, 0.15) is 23.6 Å². The average Bonchev–Trinajstić information content (AvgIpc) is 2.84. The first-order valence-corrected chi connectivity index (χ1v) is 10.8. The number of nitrogens with zero attached hydrogens (tertiary/aromatic N) is 2. The Labute approximate surface area is 189 Å². The Hall–Kier alpha value is -3.92. The summed E-state index contributed by atoms with van der Waals surface area (Å²) in [6.45, 7) is 5.57. The van der Waals surface area contributed by atoms with Gasteiger partial charge in [0.25, 0.3) is 0 Å². The zero-order valence-corrected chi connectivity index (χ0v) is 18.5. The van der Waals surface area contributed by atoms with Gasteiger partial charge in [-0.15, -0.1) is 0 Å². The minimum atomic E-state index is 0.502. The van der Waals surface area contributed by atoms with Gasteiger partial charge in [0.2, 0.25) is 0 Å². The van der Waals surface area contributed by atoms with Gasteiger partial charge in [0.1, 0.15) is 6.61 Å². The van der Waals surface area contributed by atoms with Gasteiger partial charge in [-0.1, -0.05) is 72.3 Å². The summed E-state index contributed by atoms with van der Waals surface area (Å²) in [5, 5.41) is 3.20. The number of hydrogen-bond donors (Lipinski definition) is 1. The van der Waals surface area contributed by atoms with E-state index in [1.54, 1.807) is 12.4 Å². The van der Waals surface area contributed by atoms with Crippen molar-refractivity contribution in [2.24, 2.45) is 0 Å². The van der Waals surface area contributed by atoms with Crippen molar-refractivity contribution >= 4 is 6.08 Å². The predicted octanol–water partition coefficient (Wildman–Crippen LogP) is 6.28. The first-order valence-electron chi connectivity index (χ1n) is 10.8. The van der Waals surface area contributed by atoms with E-state index in [0.717, 1.165) is 28.8 Å². The number of hydrogen-bond acceptors (Lipinski definition) is 4. The summed E-state index contributed by atoms with van der Waals surface area (Å²) >= 11 is 0. The van der Waals surface area contributed by atoms with E-state index in [2.05, 4.69) is 102 Å². The molecule has 1 N–H and O–H groups in total. The molecule has 0 bridgehead atoms. The van der Waals surface area contributed by atoms with Gasteiger partial charge in [0.05, 0.1) is 12.4 Å². The van der Waals surface area contributed by atoms with E-state index in [9.17, 15) is 0 Å².